The molecule has 0 aliphatic carbocycles. The van der Waals surface area contributed by atoms with Gasteiger partial charge in [-0.3, -0.25) is 9.80 Å². The maximum atomic E-state index is 5.36. The van der Waals surface area contributed by atoms with Crippen LogP contribution in [0.25, 0.3) is 11.4 Å². The lowest BCUT2D eigenvalue weighted by Crippen LogP contribution is -2.77. The monoisotopic (exact) mass is 852 g/mol. The van der Waals surface area contributed by atoms with E-state index >= 15 is 0 Å². The summed E-state index contributed by atoms with van der Waals surface area (Å²) >= 11 is 0. The summed E-state index contributed by atoms with van der Waals surface area (Å²) in [4.78, 5) is 25.2. The molecule has 0 radical (unpaired) electrons. The van der Waals surface area contributed by atoms with Crippen molar-refractivity contribution >= 4 is 92.3 Å². The Kier molecular flexibility index (Phi) is 9.06. The molecule has 0 saturated carbocycles. The van der Waals surface area contributed by atoms with Crippen molar-refractivity contribution in [2.24, 2.45) is 0 Å². The molecule has 0 fully saturated rings. The molecule has 4 heterocycles. The zero-order chi connectivity index (χ0) is 42.5. The quantitative estimate of drug-likeness (QED) is 0.158. The second kappa shape index (κ2) is 15.4. The predicted octanol–water partition coefficient (Wildman–Crippen LogP) is 7.25. The van der Waals surface area contributed by atoms with Crippen LogP contribution in [0.2, 0.25) is 0 Å². The normalized spacial score (nSPS) is 14.1. The van der Waals surface area contributed by atoms with E-state index in [1.165, 1.54) is 41.5 Å². The molecule has 2 aliphatic rings. The third-order valence-electron chi connectivity index (χ3n) is 13.0. The van der Waals surface area contributed by atoms with E-state index in [0.717, 1.165) is 22.7 Å². The summed E-state index contributed by atoms with van der Waals surface area (Å²) in [5.74, 6) is 1.16. The number of nitrogens with zero attached hydrogens (tertiary/aromatic N) is 6. The molecule has 0 unspecified atom stereocenters. The molecule has 6 nitrogen and oxygen atoms in total. The Bertz CT molecular complexity index is 2910. The molecular formula is C56H40N6Si2. The van der Waals surface area contributed by atoms with Gasteiger partial charge in [-0.05, 0) is 77.9 Å². The molecule has 302 valence electrons. The van der Waals surface area contributed by atoms with Crippen molar-refractivity contribution in [3.05, 3.63) is 243 Å². The van der Waals surface area contributed by atoms with Crippen molar-refractivity contribution in [2.75, 3.05) is 9.80 Å². The summed E-state index contributed by atoms with van der Waals surface area (Å²) in [5, 5.41) is 10.5. The highest BCUT2D eigenvalue weighted by Crippen LogP contribution is 2.39. The highest BCUT2D eigenvalue weighted by atomic mass is 28.3. The lowest BCUT2D eigenvalue weighted by Gasteiger charge is -2.44. The largest absolute Gasteiger partial charge is 0.279 e. The number of fused-ring (bicyclic) bond motifs is 4. The maximum absolute atomic E-state index is 5.36. The van der Waals surface area contributed by atoms with E-state index in [-0.39, 0.29) is 0 Å². The van der Waals surface area contributed by atoms with Crippen LogP contribution in [-0.2, 0) is 0 Å². The van der Waals surface area contributed by atoms with Gasteiger partial charge in [0, 0.05) is 35.1 Å². The number of para-hydroxylation sites is 4. The van der Waals surface area contributed by atoms with Gasteiger partial charge in [0.05, 0.1) is 11.4 Å². The van der Waals surface area contributed by atoms with E-state index in [9.17, 15) is 0 Å². The van der Waals surface area contributed by atoms with E-state index in [2.05, 4.69) is 228 Å². The highest BCUT2D eigenvalue weighted by Gasteiger charge is 2.50. The summed E-state index contributed by atoms with van der Waals surface area (Å²) in [6.07, 6.45) is 3.70. The molecule has 64 heavy (non-hydrogen) atoms. The molecule has 0 saturated heterocycles. The SMILES string of the molecule is c1ccc([Si]2(c3ccccc3)c3ccccc3N(c3nccc(-c4ccnc(N5c6ccccc6[Si](c6ccccc6)(c6ccccc6)c6ccccc65)n4)n3)c3ccccc32)cc1. The Morgan fingerprint density at radius 2 is 0.516 bits per heavy atom. The smallest absolute Gasteiger partial charge is 0.235 e. The minimum atomic E-state index is -2.79. The van der Waals surface area contributed by atoms with Crippen LogP contribution in [0.15, 0.2) is 243 Å². The number of anilines is 6. The summed E-state index contributed by atoms with van der Waals surface area (Å²) in [6.45, 7) is 0. The van der Waals surface area contributed by atoms with Crippen LogP contribution in [0.5, 0.6) is 0 Å². The van der Waals surface area contributed by atoms with E-state index in [0.29, 0.717) is 23.3 Å². The van der Waals surface area contributed by atoms with Gasteiger partial charge in [0.15, 0.2) is 16.1 Å². The van der Waals surface area contributed by atoms with E-state index in [4.69, 9.17) is 19.9 Å². The lowest BCUT2D eigenvalue weighted by molar-refractivity contribution is 1.05. The standard InChI is InChI=1S/C56H40N6Si2/c1-5-21-41(22-6-1)63(42-23-7-2-8-24-42)51-33-17-13-29-47(51)61(48-30-14-18-34-52(48)63)55-57-39-37-45(59-55)46-38-40-58-56(60-46)62-49-31-15-19-35-53(49)64(43-25-9-3-10-26-43,44-27-11-4-12-28-44)54-36-20-16-32-50(54)62/h1-40H. The Morgan fingerprint density at radius 1 is 0.266 bits per heavy atom. The maximum Gasteiger partial charge on any atom is 0.235 e. The van der Waals surface area contributed by atoms with Gasteiger partial charge >= 0.3 is 0 Å². The first-order valence-electron chi connectivity index (χ1n) is 21.6. The number of aromatic nitrogens is 4. The third-order valence-corrected chi connectivity index (χ3v) is 22.7. The van der Waals surface area contributed by atoms with Crippen LogP contribution < -0.4 is 51.3 Å². The molecular weight excluding hydrogens is 813 g/mol. The van der Waals surface area contributed by atoms with E-state index in [1.807, 2.05) is 24.5 Å². The van der Waals surface area contributed by atoms with Crippen molar-refractivity contribution in [3.8, 4) is 11.4 Å². The fraction of sp³-hybridized carbons (Fsp3) is 0. The van der Waals surface area contributed by atoms with Crippen LogP contribution in [0.3, 0.4) is 0 Å². The first-order valence-corrected chi connectivity index (χ1v) is 25.6. The van der Waals surface area contributed by atoms with Gasteiger partial charge < -0.3 is 0 Å². The summed E-state index contributed by atoms with van der Waals surface area (Å²) in [5.41, 5.74) is 5.72. The van der Waals surface area contributed by atoms with Crippen molar-refractivity contribution in [1.82, 2.24) is 19.9 Å². The van der Waals surface area contributed by atoms with Crippen LogP contribution >= 0.6 is 0 Å². The Hall–Kier alpha value is -8.05. The van der Waals surface area contributed by atoms with Gasteiger partial charge in [-0.1, -0.05) is 194 Å². The lowest BCUT2D eigenvalue weighted by atomic mass is 10.2. The molecule has 0 atom stereocenters. The van der Waals surface area contributed by atoms with Gasteiger partial charge in [0.25, 0.3) is 0 Å². The predicted molar refractivity (Wildman–Crippen MR) is 267 cm³/mol. The molecule has 2 aliphatic heterocycles. The number of hydrogen-bond acceptors (Lipinski definition) is 6. The molecule has 2 aromatic heterocycles. The highest BCUT2D eigenvalue weighted by molar-refractivity contribution is 7.22. The Balaban J connectivity index is 1.01. The van der Waals surface area contributed by atoms with Crippen LogP contribution in [0.4, 0.5) is 34.6 Å². The van der Waals surface area contributed by atoms with Crippen molar-refractivity contribution < 1.29 is 0 Å². The fourth-order valence-corrected chi connectivity index (χ4v) is 20.7. The van der Waals surface area contributed by atoms with Gasteiger partial charge in [0.1, 0.15) is 0 Å². The minimum absolute atomic E-state index is 0.580. The molecule has 0 N–H and O–H groups in total. The Morgan fingerprint density at radius 3 is 0.797 bits per heavy atom. The second-order valence-electron chi connectivity index (χ2n) is 16.2. The van der Waals surface area contributed by atoms with Gasteiger partial charge in [-0.2, -0.15) is 0 Å². The van der Waals surface area contributed by atoms with E-state index < -0.39 is 16.1 Å². The second-order valence-corrected chi connectivity index (χ2v) is 23.7. The average molecular weight is 853 g/mol. The molecule has 8 aromatic carbocycles. The fourth-order valence-electron chi connectivity index (χ4n) is 10.5. The summed E-state index contributed by atoms with van der Waals surface area (Å²) in [6, 6.07) is 83.4. The van der Waals surface area contributed by atoms with Crippen LogP contribution in [-0.4, -0.2) is 36.1 Å². The molecule has 0 bridgehead atoms. The summed E-state index contributed by atoms with van der Waals surface area (Å²) in [7, 11) is -5.58. The molecule has 0 amide bonds. The number of rotatable bonds is 7. The van der Waals surface area contributed by atoms with Crippen LogP contribution in [0.1, 0.15) is 0 Å². The van der Waals surface area contributed by atoms with Crippen molar-refractivity contribution in [1.29, 1.82) is 0 Å². The summed E-state index contributed by atoms with van der Waals surface area (Å²) < 4.78 is 0. The third kappa shape index (κ3) is 5.63. The van der Waals surface area contributed by atoms with Gasteiger partial charge in [0.2, 0.25) is 11.9 Å². The first kappa shape index (κ1) is 37.7. The number of hydrogen-bond donors (Lipinski definition) is 0. The first-order chi connectivity index (χ1) is 31.8. The zero-order valence-corrected chi connectivity index (χ0v) is 36.8. The van der Waals surface area contributed by atoms with Crippen LogP contribution in [0, 0.1) is 0 Å². The molecule has 0 spiro atoms. The van der Waals surface area contributed by atoms with Gasteiger partial charge in [-0.15, -0.1) is 0 Å². The van der Waals surface area contributed by atoms with E-state index in [1.54, 1.807) is 0 Å². The Labute approximate surface area is 374 Å². The average Bonchev–Trinajstić information content (AvgIpc) is 3.38. The molecule has 10 aromatic rings. The molecule has 8 heteroatoms. The van der Waals surface area contributed by atoms with Crippen molar-refractivity contribution in [3.63, 3.8) is 0 Å². The van der Waals surface area contributed by atoms with Crippen molar-refractivity contribution in [2.45, 2.75) is 0 Å². The number of benzene rings is 8. The van der Waals surface area contributed by atoms with Gasteiger partial charge in [-0.25, -0.2) is 19.9 Å². The zero-order valence-electron chi connectivity index (χ0n) is 34.8. The molecule has 12 rings (SSSR count). The topological polar surface area (TPSA) is 58.0 Å². The minimum Gasteiger partial charge on any atom is -0.279 e.